The highest BCUT2D eigenvalue weighted by Gasteiger charge is 2.08. The van der Waals surface area contributed by atoms with Crippen molar-refractivity contribution in [3.63, 3.8) is 0 Å². The van der Waals surface area contributed by atoms with E-state index in [2.05, 4.69) is 15.9 Å². The summed E-state index contributed by atoms with van der Waals surface area (Å²) < 4.78 is 20.0. The molecule has 2 nitrogen and oxygen atoms in total. The van der Waals surface area contributed by atoms with Crippen LogP contribution in [0.4, 0.5) is 4.39 Å². The predicted octanol–water partition coefficient (Wildman–Crippen LogP) is 4.37. The van der Waals surface area contributed by atoms with Crippen molar-refractivity contribution in [1.29, 1.82) is 0 Å². The number of Topliss-reactive ketones (excluding diaryl/α,β-unsaturated/α-hetero) is 1. The zero-order valence-electron chi connectivity index (χ0n) is 10.3. The van der Waals surface area contributed by atoms with Gasteiger partial charge in [-0.05, 0) is 25.1 Å². The molecule has 2 aromatic rings. The average Bonchev–Trinajstić information content (AvgIpc) is 2.37. The molecule has 0 radical (unpaired) electrons. The van der Waals surface area contributed by atoms with Crippen molar-refractivity contribution in [3.8, 4) is 5.75 Å². The first-order valence-electron chi connectivity index (χ1n) is 5.74. The second-order valence-electron chi connectivity index (χ2n) is 4.08. The molecule has 0 atom stereocenters. The maximum Gasteiger partial charge on any atom is 0.162 e. The Kier molecular flexibility index (Phi) is 4.32. The molecule has 0 amide bonds. The van der Waals surface area contributed by atoms with E-state index in [0.29, 0.717) is 12.4 Å². The Morgan fingerprint density at radius 1 is 1.26 bits per heavy atom. The molecule has 4 heteroatoms. The van der Waals surface area contributed by atoms with Crippen molar-refractivity contribution >= 4 is 21.7 Å². The zero-order valence-corrected chi connectivity index (χ0v) is 11.9. The van der Waals surface area contributed by atoms with Crippen LogP contribution in [0, 0.1) is 5.82 Å². The second kappa shape index (κ2) is 5.97. The van der Waals surface area contributed by atoms with Crippen LogP contribution in [0.25, 0.3) is 0 Å². The number of hydrogen-bond acceptors (Lipinski definition) is 2. The molecule has 0 N–H and O–H groups in total. The van der Waals surface area contributed by atoms with Crippen LogP contribution in [0.1, 0.15) is 22.8 Å². The standard InChI is InChI=1S/C15H12BrFO2/c1-10(18)13-7-6-12(8-15(13)17)19-9-11-4-2-3-5-14(11)16/h2-8H,9H2,1H3. The van der Waals surface area contributed by atoms with E-state index in [4.69, 9.17) is 4.74 Å². The Hall–Kier alpha value is -1.68. The fraction of sp³-hybridized carbons (Fsp3) is 0.133. The van der Waals surface area contributed by atoms with Crippen LogP contribution in [0.3, 0.4) is 0 Å². The van der Waals surface area contributed by atoms with Crippen molar-refractivity contribution in [2.24, 2.45) is 0 Å². The summed E-state index contributed by atoms with van der Waals surface area (Å²) in [7, 11) is 0. The van der Waals surface area contributed by atoms with Gasteiger partial charge < -0.3 is 4.74 Å². The van der Waals surface area contributed by atoms with Gasteiger partial charge in [-0.15, -0.1) is 0 Å². The fourth-order valence-corrected chi connectivity index (χ4v) is 2.05. The Bertz CT molecular complexity index is 611. The van der Waals surface area contributed by atoms with Crippen LogP contribution in [0.5, 0.6) is 5.75 Å². The summed E-state index contributed by atoms with van der Waals surface area (Å²) in [5.74, 6) is -0.453. The van der Waals surface area contributed by atoms with Crippen molar-refractivity contribution in [2.75, 3.05) is 0 Å². The second-order valence-corrected chi connectivity index (χ2v) is 4.93. The van der Waals surface area contributed by atoms with E-state index >= 15 is 0 Å². The third kappa shape index (κ3) is 3.41. The van der Waals surface area contributed by atoms with Gasteiger partial charge in [-0.1, -0.05) is 34.1 Å². The topological polar surface area (TPSA) is 26.3 Å². The Morgan fingerprint density at radius 3 is 2.63 bits per heavy atom. The highest BCUT2D eigenvalue weighted by atomic mass is 79.9. The molecule has 0 unspecified atom stereocenters. The lowest BCUT2D eigenvalue weighted by molar-refractivity contribution is 0.101. The average molecular weight is 323 g/mol. The van der Waals surface area contributed by atoms with Crippen LogP contribution in [-0.4, -0.2) is 5.78 Å². The number of carbonyl (C=O) groups excluding carboxylic acids is 1. The first-order valence-corrected chi connectivity index (χ1v) is 6.54. The van der Waals surface area contributed by atoms with E-state index in [1.165, 1.54) is 19.1 Å². The predicted molar refractivity (Wildman–Crippen MR) is 74.9 cm³/mol. The molecule has 0 bridgehead atoms. The van der Waals surface area contributed by atoms with Gasteiger partial charge in [-0.25, -0.2) is 4.39 Å². The molecule has 0 heterocycles. The maximum absolute atomic E-state index is 13.6. The molecule has 0 aromatic heterocycles. The zero-order chi connectivity index (χ0) is 13.8. The molecule has 0 fully saturated rings. The van der Waals surface area contributed by atoms with E-state index in [9.17, 15) is 9.18 Å². The van der Waals surface area contributed by atoms with Gasteiger partial charge in [0, 0.05) is 16.1 Å². The maximum atomic E-state index is 13.6. The van der Waals surface area contributed by atoms with E-state index in [1.807, 2.05) is 24.3 Å². The van der Waals surface area contributed by atoms with Crippen molar-refractivity contribution in [1.82, 2.24) is 0 Å². The molecular formula is C15H12BrFO2. The van der Waals surface area contributed by atoms with Gasteiger partial charge in [-0.3, -0.25) is 4.79 Å². The minimum absolute atomic E-state index is 0.0771. The molecule has 0 saturated heterocycles. The Balaban J connectivity index is 2.11. The smallest absolute Gasteiger partial charge is 0.162 e. The van der Waals surface area contributed by atoms with Crippen LogP contribution >= 0.6 is 15.9 Å². The van der Waals surface area contributed by atoms with Crippen molar-refractivity contribution in [2.45, 2.75) is 13.5 Å². The molecule has 0 aliphatic rings. The minimum Gasteiger partial charge on any atom is -0.489 e. The largest absolute Gasteiger partial charge is 0.489 e. The molecule has 98 valence electrons. The van der Waals surface area contributed by atoms with Crippen LogP contribution in [0.2, 0.25) is 0 Å². The molecular weight excluding hydrogens is 311 g/mol. The molecule has 19 heavy (non-hydrogen) atoms. The van der Waals surface area contributed by atoms with Crippen molar-refractivity contribution in [3.05, 3.63) is 63.9 Å². The number of benzene rings is 2. The summed E-state index contributed by atoms with van der Waals surface area (Å²) in [6.07, 6.45) is 0. The number of carbonyl (C=O) groups is 1. The summed E-state index contributed by atoms with van der Waals surface area (Å²) in [6, 6.07) is 11.9. The molecule has 2 rings (SSSR count). The van der Waals surface area contributed by atoms with Gasteiger partial charge in [0.25, 0.3) is 0 Å². The third-order valence-corrected chi connectivity index (χ3v) is 3.45. The van der Waals surface area contributed by atoms with E-state index < -0.39 is 5.82 Å². The first-order chi connectivity index (χ1) is 9.08. The number of ketones is 1. The van der Waals surface area contributed by atoms with Crippen LogP contribution in [-0.2, 0) is 6.61 Å². The molecule has 0 aliphatic carbocycles. The Morgan fingerprint density at radius 2 is 2.00 bits per heavy atom. The number of hydrogen-bond donors (Lipinski definition) is 0. The van der Waals surface area contributed by atoms with Crippen LogP contribution in [0.15, 0.2) is 46.9 Å². The SMILES string of the molecule is CC(=O)c1ccc(OCc2ccccc2Br)cc1F. The summed E-state index contributed by atoms with van der Waals surface area (Å²) in [4.78, 5) is 11.1. The number of rotatable bonds is 4. The molecule has 0 saturated carbocycles. The molecule has 2 aromatic carbocycles. The van der Waals surface area contributed by atoms with Gasteiger partial charge in [-0.2, -0.15) is 0 Å². The highest BCUT2D eigenvalue weighted by Crippen LogP contribution is 2.21. The number of halogens is 2. The molecule has 0 spiro atoms. The van der Waals surface area contributed by atoms with E-state index in [0.717, 1.165) is 10.0 Å². The van der Waals surface area contributed by atoms with Crippen molar-refractivity contribution < 1.29 is 13.9 Å². The van der Waals surface area contributed by atoms with Gasteiger partial charge >= 0.3 is 0 Å². The molecule has 0 aliphatic heterocycles. The monoisotopic (exact) mass is 322 g/mol. The first kappa shape index (κ1) is 13.7. The minimum atomic E-state index is -0.558. The third-order valence-electron chi connectivity index (χ3n) is 2.67. The lowest BCUT2D eigenvalue weighted by Gasteiger charge is -2.08. The lowest BCUT2D eigenvalue weighted by atomic mass is 10.1. The van der Waals surface area contributed by atoms with E-state index in [1.54, 1.807) is 6.07 Å². The fourth-order valence-electron chi connectivity index (χ4n) is 1.65. The van der Waals surface area contributed by atoms with Gasteiger partial charge in [0.1, 0.15) is 18.2 Å². The van der Waals surface area contributed by atoms with Gasteiger partial charge in [0.15, 0.2) is 5.78 Å². The quantitative estimate of drug-likeness (QED) is 0.781. The van der Waals surface area contributed by atoms with Crippen LogP contribution < -0.4 is 4.74 Å². The normalized spacial score (nSPS) is 10.3. The summed E-state index contributed by atoms with van der Waals surface area (Å²) in [5, 5.41) is 0. The summed E-state index contributed by atoms with van der Waals surface area (Å²) in [5.41, 5.74) is 1.05. The van der Waals surface area contributed by atoms with Gasteiger partial charge in [0.05, 0.1) is 5.56 Å². The highest BCUT2D eigenvalue weighted by molar-refractivity contribution is 9.10. The summed E-state index contributed by atoms with van der Waals surface area (Å²) in [6.45, 7) is 1.67. The van der Waals surface area contributed by atoms with Gasteiger partial charge in [0.2, 0.25) is 0 Å². The lowest BCUT2D eigenvalue weighted by Crippen LogP contribution is -2.00. The van der Waals surface area contributed by atoms with E-state index in [-0.39, 0.29) is 11.3 Å². The number of ether oxygens (including phenoxy) is 1. The summed E-state index contributed by atoms with van der Waals surface area (Å²) >= 11 is 3.42. The Labute approximate surface area is 119 Å².